The van der Waals surface area contributed by atoms with Crippen LogP contribution in [-0.4, -0.2) is 87.8 Å². The number of aromatic nitrogens is 4. The second kappa shape index (κ2) is 19.6. The number of unbranched alkanes of at least 4 members (excludes halogenated alkanes) is 3. The minimum Gasteiger partial charge on any atom is -0.491 e. The summed E-state index contributed by atoms with van der Waals surface area (Å²) in [6.07, 6.45) is 6.10. The Morgan fingerprint density at radius 2 is 1.83 bits per heavy atom. The minimum atomic E-state index is -1.11. The van der Waals surface area contributed by atoms with Crippen LogP contribution in [0.1, 0.15) is 78.4 Å². The second-order valence-corrected chi connectivity index (χ2v) is 15.8. The molecular weight excluding hydrogens is 726 g/mol. The van der Waals surface area contributed by atoms with Crippen molar-refractivity contribution < 1.29 is 28.6 Å². The van der Waals surface area contributed by atoms with Gasteiger partial charge in [0.2, 0.25) is 0 Å². The quantitative estimate of drug-likeness (QED) is 0.0403. The number of thiazole rings is 2. The summed E-state index contributed by atoms with van der Waals surface area (Å²) in [5.41, 5.74) is 2.35. The van der Waals surface area contributed by atoms with Crippen molar-refractivity contribution in [2.45, 2.75) is 65.2 Å². The van der Waals surface area contributed by atoms with Gasteiger partial charge in [-0.3, -0.25) is 0 Å². The molecule has 54 heavy (non-hydrogen) atoms. The number of quaternary nitrogens is 1. The molecule has 5 aromatic rings. The van der Waals surface area contributed by atoms with E-state index in [1.807, 2.05) is 49.1 Å². The fraction of sp³-hybridized carbons (Fsp3) is 0.425. The van der Waals surface area contributed by atoms with Crippen LogP contribution >= 0.6 is 22.7 Å². The molecule has 0 aliphatic carbocycles. The average molecular weight is 775 g/mol. The number of anilines is 4. The van der Waals surface area contributed by atoms with Crippen LogP contribution in [0, 0.1) is 24.6 Å². The maximum atomic E-state index is 14.7. The molecule has 0 aliphatic heterocycles. The zero-order chi connectivity index (χ0) is 38.5. The van der Waals surface area contributed by atoms with E-state index in [0.29, 0.717) is 46.6 Å². The number of aliphatic hydroxyl groups is 1. The largest absolute Gasteiger partial charge is 0.491 e. The number of rotatable bonds is 20. The number of nitrogens with zero attached hydrogens (tertiary/aromatic N) is 6. The molecule has 0 spiro atoms. The molecule has 0 fully saturated rings. The lowest BCUT2D eigenvalue weighted by atomic mass is 10.2. The molecule has 3 heterocycles. The number of aryl methyl sites for hydroxylation is 2. The molecule has 0 aliphatic rings. The number of fused-ring (bicyclic) bond motifs is 1. The minimum absolute atomic E-state index is 0.0112. The van der Waals surface area contributed by atoms with Gasteiger partial charge in [0, 0.05) is 36.4 Å². The maximum absolute atomic E-state index is 14.7. The Morgan fingerprint density at radius 1 is 1.02 bits per heavy atom. The summed E-state index contributed by atoms with van der Waals surface area (Å²) in [4.78, 5) is 24.2. The number of nitrogens with one attached hydrogen (secondary N) is 1. The van der Waals surface area contributed by atoms with Gasteiger partial charge in [0.05, 0.1) is 44.0 Å². The Balaban J connectivity index is 1.30. The number of hydrogen-bond acceptors (Lipinski definition) is 11. The van der Waals surface area contributed by atoms with Crippen molar-refractivity contribution in [3.63, 3.8) is 0 Å². The smallest absolute Gasteiger partial charge is 0.355 e. The molecule has 2 aromatic carbocycles. The Bertz CT molecular complexity index is 2040. The molecule has 0 radical (unpaired) electrons. The zero-order valence-corrected chi connectivity index (χ0v) is 33.0. The van der Waals surface area contributed by atoms with E-state index in [2.05, 4.69) is 51.4 Å². The van der Waals surface area contributed by atoms with Gasteiger partial charge in [-0.2, -0.15) is 0 Å². The fourth-order valence-electron chi connectivity index (χ4n) is 5.85. The van der Waals surface area contributed by atoms with Crippen LogP contribution in [0.15, 0.2) is 48.5 Å². The van der Waals surface area contributed by atoms with Gasteiger partial charge < -0.3 is 29.6 Å². The van der Waals surface area contributed by atoms with E-state index < -0.39 is 11.8 Å². The molecule has 14 heteroatoms. The average Bonchev–Trinajstić information content (AvgIpc) is 3.76. The van der Waals surface area contributed by atoms with Crippen molar-refractivity contribution in [3.8, 4) is 17.6 Å². The summed E-state index contributed by atoms with van der Waals surface area (Å²) in [6.45, 7) is 6.85. The van der Waals surface area contributed by atoms with E-state index >= 15 is 0 Å². The zero-order valence-electron chi connectivity index (χ0n) is 31.4. The van der Waals surface area contributed by atoms with Gasteiger partial charge in [0.15, 0.2) is 39.2 Å². The Hall–Kier alpha value is -4.68. The van der Waals surface area contributed by atoms with E-state index in [9.17, 15) is 19.4 Å². The third-order valence-electron chi connectivity index (χ3n) is 8.80. The second-order valence-electron chi connectivity index (χ2n) is 13.7. The van der Waals surface area contributed by atoms with Crippen molar-refractivity contribution in [1.29, 1.82) is 0 Å². The third-order valence-corrected chi connectivity index (χ3v) is 10.9. The highest BCUT2D eigenvalue weighted by Crippen LogP contribution is 2.34. The molecule has 5 rings (SSSR count). The number of carbonyl (C=O) groups is 1. The lowest BCUT2D eigenvalue weighted by Gasteiger charge is -2.29. The highest BCUT2D eigenvalue weighted by molar-refractivity contribution is 7.22. The predicted octanol–water partition coefficient (Wildman–Crippen LogP) is 8.36. The van der Waals surface area contributed by atoms with E-state index in [4.69, 9.17) is 4.74 Å². The molecule has 0 bridgehead atoms. The van der Waals surface area contributed by atoms with Crippen molar-refractivity contribution >= 4 is 60.8 Å². The van der Waals surface area contributed by atoms with E-state index in [-0.39, 0.29) is 24.7 Å². The number of halogens is 1. The SMILES string of the molecule is CCCC#Cc1ccc(OCCCc2sc(N(CCCCC[N+](C)(C)CCCO)c3cc(C)c(Nc4nc5ccccc5s4)nn3)nc2C(=O)O)c(F)c1. The number of benzene rings is 2. The number of para-hydroxylation sites is 1. The molecular formula is C40H49FN7O4S2+. The van der Waals surface area contributed by atoms with Crippen molar-refractivity contribution in [1.82, 2.24) is 20.2 Å². The Kier molecular flexibility index (Phi) is 14.7. The van der Waals surface area contributed by atoms with E-state index in [1.54, 1.807) is 12.1 Å². The molecule has 3 aromatic heterocycles. The normalized spacial score (nSPS) is 11.4. The van der Waals surface area contributed by atoms with Crippen molar-refractivity contribution in [3.05, 3.63) is 76.0 Å². The summed E-state index contributed by atoms with van der Waals surface area (Å²) < 4.78 is 22.3. The molecule has 0 saturated carbocycles. The highest BCUT2D eigenvalue weighted by atomic mass is 32.1. The van der Waals surface area contributed by atoms with Crippen LogP contribution in [0.25, 0.3) is 10.2 Å². The number of carboxylic acids is 1. The summed E-state index contributed by atoms with van der Waals surface area (Å²) in [5, 5.41) is 33.1. The highest BCUT2D eigenvalue weighted by Gasteiger charge is 2.24. The lowest BCUT2D eigenvalue weighted by molar-refractivity contribution is -0.890. The molecule has 286 valence electrons. The number of aliphatic hydroxyl groups excluding tert-OH is 1. The molecule has 11 nitrogen and oxygen atoms in total. The number of carboxylic acid groups (broad SMARTS) is 1. The summed E-state index contributed by atoms with van der Waals surface area (Å²) in [5.74, 6) is 5.67. The van der Waals surface area contributed by atoms with Gasteiger partial charge in [0.1, 0.15) is 0 Å². The van der Waals surface area contributed by atoms with Gasteiger partial charge in [-0.25, -0.2) is 19.2 Å². The monoisotopic (exact) mass is 774 g/mol. The molecule has 3 N–H and O–H groups in total. The van der Waals surface area contributed by atoms with Gasteiger partial charge in [0.25, 0.3) is 0 Å². The van der Waals surface area contributed by atoms with Crippen LogP contribution in [-0.2, 0) is 6.42 Å². The van der Waals surface area contributed by atoms with Crippen LogP contribution in [0.3, 0.4) is 0 Å². The Morgan fingerprint density at radius 3 is 2.57 bits per heavy atom. The van der Waals surface area contributed by atoms with Crippen LogP contribution in [0.5, 0.6) is 5.75 Å². The van der Waals surface area contributed by atoms with Gasteiger partial charge in [-0.05, 0) is 87.4 Å². The number of hydrogen-bond donors (Lipinski definition) is 3. The van der Waals surface area contributed by atoms with Crippen molar-refractivity contribution in [2.24, 2.45) is 0 Å². The first-order chi connectivity index (χ1) is 26.1. The van der Waals surface area contributed by atoms with Gasteiger partial charge >= 0.3 is 5.97 Å². The molecule has 0 amide bonds. The van der Waals surface area contributed by atoms with Crippen LogP contribution in [0.4, 0.5) is 26.3 Å². The first kappa shape index (κ1) is 40.5. The van der Waals surface area contributed by atoms with E-state index in [0.717, 1.165) is 77.0 Å². The topological polar surface area (TPSA) is 134 Å². The third kappa shape index (κ3) is 11.4. The molecule has 0 atom stereocenters. The van der Waals surface area contributed by atoms with E-state index in [1.165, 1.54) is 28.7 Å². The lowest BCUT2D eigenvalue weighted by Crippen LogP contribution is -2.41. The maximum Gasteiger partial charge on any atom is 0.355 e. The van der Waals surface area contributed by atoms with Crippen LogP contribution in [0.2, 0.25) is 0 Å². The summed E-state index contributed by atoms with van der Waals surface area (Å²) >= 11 is 2.85. The first-order valence-electron chi connectivity index (χ1n) is 18.4. The van der Waals surface area contributed by atoms with Gasteiger partial charge in [-0.1, -0.05) is 42.2 Å². The van der Waals surface area contributed by atoms with Crippen molar-refractivity contribution in [2.75, 3.05) is 57.2 Å². The Labute approximate surface area is 324 Å². The standard InChI is InChI=1S/C40H48FN7O4S2/c1-5-6-8-15-29-19-20-32(30(41)27-29)52-25-13-18-34-36(38(50)51)43-40(54-34)47(21-11-7-12-22-48(3,4)23-14-24-49)35-26-28(2)37(46-45-35)44-39-42-31-16-9-10-17-33(31)53-39/h9-10,16-17,19-20,26-27,49H,5-7,11-14,18,21-25H2,1-4H3,(H-,42,44,46,50,51)/p+1. The summed E-state index contributed by atoms with van der Waals surface area (Å²) in [6, 6.07) is 14.5. The molecule has 0 unspecified atom stereocenters. The number of aromatic carboxylic acids is 1. The fourth-order valence-corrected chi connectivity index (χ4v) is 7.84. The molecule has 0 saturated heterocycles. The van der Waals surface area contributed by atoms with Gasteiger partial charge in [-0.15, -0.1) is 21.5 Å². The first-order valence-corrected chi connectivity index (χ1v) is 20.0. The predicted molar refractivity (Wildman–Crippen MR) is 215 cm³/mol. The number of ether oxygens (including phenoxy) is 1. The van der Waals surface area contributed by atoms with Crippen LogP contribution < -0.4 is 15.0 Å². The summed E-state index contributed by atoms with van der Waals surface area (Å²) in [7, 11) is 4.35.